The highest BCUT2D eigenvalue weighted by molar-refractivity contribution is 5.00. The number of hydrogen-bond acceptors (Lipinski definition) is 3. The molecule has 0 aromatic heterocycles. The van der Waals surface area contributed by atoms with Crippen LogP contribution in [-0.2, 0) is 4.74 Å². The zero-order chi connectivity index (χ0) is 15.6. The van der Waals surface area contributed by atoms with Crippen molar-refractivity contribution in [1.29, 1.82) is 0 Å². The Morgan fingerprint density at radius 2 is 2.14 bits per heavy atom. The fourth-order valence-electron chi connectivity index (χ4n) is 2.23. The van der Waals surface area contributed by atoms with Gasteiger partial charge in [0.25, 0.3) is 0 Å². The summed E-state index contributed by atoms with van der Waals surface area (Å²) in [7, 11) is 0. The van der Waals surface area contributed by atoms with Crippen LogP contribution < -0.4 is 5.32 Å². The molecule has 2 atom stereocenters. The lowest BCUT2D eigenvalue weighted by atomic mass is 10.0. The second-order valence-electron chi connectivity index (χ2n) is 6.10. The standard InChI is InChI=1S/C18H31NO2/c1-4-18(3,20)13-9-7-5-6-8-11-16(2)15-21-17-12-10-14-19-17/h4-5,7,11,17,19-20H,1,6,8-10,12-15H2,2-3H3/b7-5+,16-11+. The summed E-state index contributed by atoms with van der Waals surface area (Å²) in [5.41, 5.74) is 0.554. The highest BCUT2D eigenvalue weighted by Crippen LogP contribution is 2.13. The molecule has 0 spiro atoms. The molecule has 1 rings (SSSR count). The lowest BCUT2D eigenvalue weighted by Crippen LogP contribution is -2.25. The highest BCUT2D eigenvalue weighted by Gasteiger charge is 2.13. The fraction of sp³-hybridized carbons (Fsp3) is 0.667. The van der Waals surface area contributed by atoms with Crippen molar-refractivity contribution < 1.29 is 9.84 Å². The van der Waals surface area contributed by atoms with Gasteiger partial charge in [-0.25, -0.2) is 0 Å². The lowest BCUT2D eigenvalue weighted by molar-refractivity contribution is 0.0593. The first kappa shape index (κ1) is 18.1. The van der Waals surface area contributed by atoms with E-state index in [2.05, 4.69) is 37.0 Å². The maximum Gasteiger partial charge on any atom is 0.108 e. The SMILES string of the molecule is C=CC(C)(O)CC/C=C/CC/C=C(\C)COC1CCCN1. The highest BCUT2D eigenvalue weighted by atomic mass is 16.5. The number of aliphatic hydroxyl groups is 1. The maximum absolute atomic E-state index is 9.77. The smallest absolute Gasteiger partial charge is 0.108 e. The van der Waals surface area contributed by atoms with Crippen LogP contribution in [0.3, 0.4) is 0 Å². The monoisotopic (exact) mass is 293 g/mol. The van der Waals surface area contributed by atoms with Crippen molar-refractivity contribution >= 4 is 0 Å². The third kappa shape index (κ3) is 8.86. The van der Waals surface area contributed by atoms with Gasteiger partial charge in [-0.2, -0.15) is 0 Å². The number of nitrogens with one attached hydrogen (secondary N) is 1. The van der Waals surface area contributed by atoms with Gasteiger partial charge in [0.05, 0.1) is 12.2 Å². The van der Waals surface area contributed by atoms with Crippen LogP contribution >= 0.6 is 0 Å². The Hall–Kier alpha value is -0.900. The number of allylic oxidation sites excluding steroid dienone is 3. The van der Waals surface area contributed by atoms with Gasteiger partial charge in [0.2, 0.25) is 0 Å². The minimum atomic E-state index is -0.744. The largest absolute Gasteiger partial charge is 0.386 e. The second kappa shape index (κ2) is 9.93. The molecular formula is C18H31NO2. The molecule has 0 aliphatic carbocycles. The third-order valence-corrected chi connectivity index (χ3v) is 3.78. The number of ether oxygens (including phenoxy) is 1. The minimum absolute atomic E-state index is 0.255. The number of rotatable bonds is 10. The Kier molecular flexibility index (Phi) is 8.58. The molecule has 2 unspecified atom stereocenters. The van der Waals surface area contributed by atoms with Crippen molar-refractivity contribution in [2.45, 2.75) is 64.2 Å². The molecule has 0 radical (unpaired) electrons. The van der Waals surface area contributed by atoms with Gasteiger partial charge < -0.3 is 9.84 Å². The summed E-state index contributed by atoms with van der Waals surface area (Å²) in [5.74, 6) is 0. The summed E-state index contributed by atoms with van der Waals surface area (Å²) in [6.07, 6.45) is 14.5. The van der Waals surface area contributed by atoms with Crippen molar-refractivity contribution in [1.82, 2.24) is 5.32 Å². The van der Waals surface area contributed by atoms with Gasteiger partial charge in [0.15, 0.2) is 0 Å². The molecule has 0 bridgehead atoms. The topological polar surface area (TPSA) is 41.5 Å². The molecule has 0 aromatic rings. The molecule has 1 saturated heterocycles. The van der Waals surface area contributed by atoms with Crippen molar-refractivity contribution in [3.05, 3.63) is 36.5 Å². The Labute approximate surface area is 129 Å². The lowest BCUT2D eigenvalue weighted by Gasteiger charge is -2.16. The predicted octanol–water partition coefficient (Wildman–Crippen LogP) is 3.71. The van der Waals surface area contributed by atoms with Crippen LogP contribution in [-0.4, -0.2) is 30.1 Å². The van der Waals surface area contributed by atoms with Crippen LogP contribution in [0, 0.1) is 0 Å². The van der Waals surface area contributed by atoms with Crippen molar-refractivity contribution in [3.8, 4) is 0 Å². The first-order valence-corrected chi connectivity index (χ1v) is 8.05. The van der Waals surface area contributed by atoms with Crippen LogP contribution in [0.15, 0.2) is 36.5 Å². The first-order chi connectivity index (χ1) is 10.0. The molecular weight excluding hydrogens is 262 g/mol. The van der Waals surface area contributed by atoms with Gasteiger partial charge >= 0.3 is 0 Å². The molecule has 0 amide bonds. The molecule has 3 heteroatoms. The molecule has 0 saturated carbocycles. The molecule has 21 heavy (non-hydrogen) atoms. The molecule has 1 fully saturated rings. The van der Waals surface area contributed by atoms with E-state index >= 15 is 0 Å². The normalized spacial score (nSPS) is 22.6. The van der Waals surface area contributed by atoms with E-state index in [1.807, 2.05) is 0 Å². The van der Waals surface area contributed by atoms with E-state index in [1.54, 1.807) is 13.0 Å². The summed E-state index contributed by atoms with van der Waals surface area (Å²) in [6, 6.07) is 0. The van der Waals surface area contributed by atoms with Crippen LogP contribution in [0.2, 0.25) is 0 Å². The average Bonchev–Trinajstić information content (AvgIpc) is 2.97. The molecule has 3 nitrogen and oxygen atoms in total. The van der Waals surface area contributed by atoms with E-state index in [4.69, 9.17) is 4.74 Å². The quantitative estimate of drug-likeness (QED) is 0.476. The van der Waals surface area contributed by atoms with Crippen LogP contribution in [0.1, 0.15) is 52.4 Å². The van der Waals surface area contributed by atoms with E-state index in [1.165, 1.54) is 12.0 Å². The average molecular weight is 293 g/mol. The molecule has 1 aliphatic rings. The van der Waals surface area contributed by atoms with E-state index in [9.17, 15) is 5.11 Å². The van der Waals surface area contributed by atoms with Crippen molar-refractivity contribution in [2.75, 3.05) is 13.2 Å². The molecule has 2 N–H and O–H groups in total. The number of unbranched alkanes of at least 4 members (excludes halogenated alkanes) is 1. The maximum atomic E-state index is 9.77. The van der Waals surface area contributed by atoms with E-state index in [0.29, 0.717) is 0 Å². The van der Waals surface area contributed by atoms with E-state index < -0.39 is 5.60 Å². The summed E-state index contributed by atoms with van der Waals surface area (Å²) >= 11 is 0. The van der Waals surface area contributed by atoms with Gasteiger partial charge in [-0.15, -0.1) is 6.58 Å². The van der Waals surface area contributed by atoms with Crippen LogP contribution in [0.4, 0.5) is 0 Å². The van der Waals surface area contributed by atoms with Crippen LogP contribution in [0.5, 0.6) is 0 Å². The van der Waals surface area contributed by atoms with Crippen LogP contribution in [0.25, 0.3) is 0 Å². The zero-order valence-corrected chi connectivity index (χ0v) is 13.6. The summed E-state index contributed by atoms with van der Waals surface area (Å²) < 4.78 is 5.78. The molecule has 1 heterocycles. The predicted molar refractivity (Wildman–Crippen MR) is 89.2 cm³/mol. The van der Waals surface area contributed by atoms with E-state index in [-0.39, 0.29) is 6.23 Å². The third-order valence-electron chi connectivity index (χ3n) is 3.78. The van der Waals surface area contributed by atoms with E-state index in [0.717, 1.165) is 45.3 Å². The Morgan fingerprint density at radius 1 is 1.38 bits per heavy atom. The first-order valence-electron chi connectivity index (χ1n) is 8.05. The second-order valence-corrected chi connectivity index (χ2v) is 6.10. The van der Waals surface area contributed by atoms with Gasteiger partial charge in [-0.3, -0.25) is 5.32 Å². The fourth-order valence-corrected chi connectivity index (χ4v) is 2.23. The zero-order valence-electron chi connectivity index (χ0n) is 13.6. The molecule has 1 aliphatic heterocycles. The Morgan fingerprint density at radius 3 is 2.81 bits per heavy atom. The Balaban J connectivity index is 2.05. The summed E-state index contributed by atoms with van der Waals surface area (Å²) in [6.45, 7) is 9.35. The molecule has 120 valence electrons. The van der Waals surface area contributed by atoms with Gasteiger partial charge in [-0.1, -0.05) is 29.9 Å². The van der Waals surface area contributed by atoms with Gasteiger partial charge in [-0.05, 0) is 58.9 Å². The summed E-state index contributed by atoms with van der Waals surface area (Å²) in [5, 5.41) is 13.1. The minimum Gasteiger partial charge on any atom is -0.386 e. The van der Waals surface area contributed by atoms with Crippen molar-refractivity contribution in [3.63, 3.8) is 0 Å². The summed E-state index contributed by atoms with van der Waals surface area (Å²) in [4.78, 5) is 0. The van der Waals surface area contributed by atoms with Crippen molar-refractivity contribution in [2.24, 2.45) is 0 Å². The van der Waals surface area contributed by atoms with Gasteiger partial charge in [0, 0.05) is 0 Å². The Bertz CT molecular complexity index is 352. The van der Waals surface area contributed by atoms with Gasteiger partial charge in [0.1, 0.15) is 6.23 Å². The molecule has 0 aromatic carbocycles. The number of hydrogen-bond donors (Lipinski definition) is 2.